The first-order chi connectivity index (χ1) is 10.8. The van der Waals surface area contributed by atoms with Gasteiger partial charge in [0.05, 0.1) is 0 Å². The summed E-state index contributed by atoms with van der Waals surface area (Å²) in [6, 6.07) is -1.92. The van der Waals surface area contributed by atoms with Crippen LogP contribution in [0.5, 0.6) is 0 Å². The number of hydrogen-bond acceptors (Lipinski definition) is 9. The number of Topliss-reactive ketones (excluding diaryl/α,β-unsaturated/α-hetero) is 3. The van der Waals surface area contributed by atoms with Crippen molar-refractivity contribution in [3.05, 3.63) is 0 Å². The third kappa shape index (κ3) is 2.87. The van der Waals surface area contributed by atoms with Crippen molar-refractivity contribution in [2.75, 3.05) is 0 Å². The fraction of sp³-hybridized carbons (Fsp3) is 0.714. The molecule has 0 aromatic carbocycles. The number of carbonyl (C=O) groups is 4. The van der Waals surface area contributed by atoms with Gasteiger partial charge in [-0.25, -0.2) is 0 Å². The Hall–Kier alpha value is -1.72. The molecule has 1 rings (SSSR count). The van der Waals surface area contributed by atoms with Crippen LogP contribution in [0, 0.1) is 0 Å². The van der Waals surface area contributed by atoms with E-state index >= 15 is 0 Å². The van der Waals surface area contributed by atoms with Gasteiger partial charge >= 0.3 is 0 Å². The molecule has 1 saturated heterocycles. The van der Waals surface area contributed by atoms with Gasteiger partial charge in [-0.15, -0.1) is 0 Å². The molecule has 1 aliphatic rings. The molecule has 0 radical (unpaired) electrons. The van der Waals surface area contributed by atoms with Crippen LogP contribution in [0.1, 0.15) is 27.7 Å². The van der Waals surface area contributed by atoms with Gasteiger partial charge < -0.3 is 30.5 Å². The number of amides is 1. The molecule has 0 saturated carbocycles. The van der Waals surface area contributed by atoms with Crippen LogP contribution in [0.4, 0.5) is 0 Å². The predicted molar refractivity (Wildman–Crippen MR) is 76.4 cm³/mol. The minimum Gasteiger partial charge on any atom is -0.386 e. The minimum absolute atomic E-state index is 0.794. The summed E-state index contributed by atoms with van der Waals surface area (Å²) in [6.07, 6.45) is -6.04. The Morgan fingerprint density at radius 3 is 1.83 bits per heavy atom. The number of nitrogens with one attached hydrogen (secondary N) is 1. The van der Waals surface area contributed by atoms with Crippen LogP contribution in [0.25, 0.3) is 0 Å². The number of ether oxygens (including phenoxy) is 1. The molecule has 1 unspecified atom stereocenters. The number of aliphatic hydroxyl groups is 4. The van der Waals surface area contributed by atoms with Gasteiger partial charge in [0.1, 0.15) is 12.1 Å². The highest BCUT2D eigenvalue weighted by atomic mass is 16.6. The Morgan fingerprint density at radius 2 is 1.50 bits per heavy atom. The fourth-order valence-corrected chi connectivity index (χ4v) is 2.79. The third-order valence-electron chi connectivity index (χ3n) is 4.07. The molecular formula is C14H21NO9. The molecule has 10 heteroatoms. The highest BCUT2D eigenvalue weighted by Gasteiger charge is 2.71. The SMILES string of the molecule is CC(=O)N[C@H]1[C@@H](O)O[C@H](C(=O)C(C)O)[C@](O)(C(C)=O)[C@@]1(O)C(C)=O. The van der Waals surface area contributed by atoms with Crippen LogP contribution in [0.3, 0.4) is 0 Å². The minimum atomic E-state index is -3.13. The number of aliphatic hydroxyl groups excluding tert-OH is 2. The summed E-state index contributed by atoms with van der Waals surface area (Å²) in [7, 11) is 0. The largest absolute Gasteiger partial charge is 0.386 e. The number of rotatable bonds is 5. The smallest absolute Gasteiger partial charge is 0.217 e. The van der Waals surface area contributed by atoms with Crippen LogP contribution in [-0.4, -0.2) is 79.4 Å². The number of hydrogen-bond donors (Lipinski definition) is 5. The van der Waals surface area contributed by atoms with Crippen molar-refractivity contribution in [2.24, 2.45) is 0 Å². The van der Waals surface area contributed by atoms with Crippen molar-refractivity contribution in [3.63, 3.8) is 0 Å². The van der Waals surface area contributed by atoms with Crippen molar-refractivity contribution in [2.45, 2.75) is 63.4 Å². The lowest BCUT2D eigenvalue weighted by Gasteiger charge is -2.53. The normalized spacial score (nSPS) is 37.4. The monoisotopic (exact) mass is 347 g/mol. The molecule has 5 N–H and O–H groups in total. The quantitative estimate of drug-likeness (QED) is 0.343. The van der Waals surface area contributed by atoms with Gasteiger partial charge in [-0.3, -0.25) is 19.2 Å². The summed E-state index contributed by atoms with van der Waals surface area (Å²) in [5.41, 5.74) is -6.18. The summed E-state index contributed by atoms with van der Waals surface area (Å²) in [4.78, 5) is 47.5. The molecule has 6 atom stereocenters. The second-order valence-corrected chi connectivity index (χ2v) is 5.81. The van der Waals surface area contributed by atoms with Crippen LogP contribution < -0.4 is 5.32 Å². The van der Waals surface area contributed by atoms with Crippen molar-refractivity contribution in [1.82, 2.24) is 5.32 Å². The van der Waals surface area contributed by atoms with Crippen LogP contribution >= 0.6 is 0 Å². The highest BCUT2D eigenvalue weighted by molar-refractivity contribution is 6.04. The maximum atomic E-state index is 12.1. The summed E-state index contributed by atoms with van der Waals surface area (Å²) >= 11 is 0. The maximum Gasteiger partial charge on any atom is 0.217 e. The van der Waals surface area contributed by atoms with E-state index in [9.17, 15) is 39.6 Å². The van der Waals surface area contributed by atoms with Gasteiger partial charge in [0, 0.05) is 6.92 Å². The first-order valence-corrected chi connectivity index (χ1v) is 7.11. The molecule has 0 aromatic rings. The Labute approximate surface area is 137 Å². The van der Waals surface area contributed by atoms with Crippen LogP contribution in [0.2, 0.25) is 0 Å². The van der Waals surface area contributed by atoms with Gasteiger partial charge in [-0.05, 0) is 20.8 Å². The maximum absolute atomic E-state index is 12.1. The van der Waals surface area contributed by atoms with E-state index in [0.717, 1.165) is 27.7 Å². The van der Waals surface area contributed by atoms with E-state index in [1.165, 1.54) is 0 Å². The molecule has 0 spiro atoms. The lowest BCUT2D eigenvalue weighted by molar-refractivity contribution is -0.295. The van der Waals surface area contributed by atoms with Crippen molar-refractivity contribution in [1.29, 1.82) is 0 Å². The molecular weight excluding hydrogens is 326 g/mol. The Bertz CT molecular complexity index is 575. The molecule has 1 amide bonds. The van der Waals surface area contributed by atoms with Crippen molar-refractivity contribution < 1.29 is 44.3 Å². The third-order valence-corrected chi connectivity index (χ3v) is 4.07. The first-order valence-electron chi connectivity index (χ1n) is 7.11. The summed E-state index contributed by atoms with van der Waals surface area (Å²) in [6.45, 7) is 3.63. The van der Waals surface area contributed by atoms with Gasteiger partial charge in [-0.1, -0.05) is 0 Å². The highest BCUT2D eigenvalue weighted by Crippen LogP contribution is 2.40. The standard InChI is InChI=1S/C14H21NO9/c1-5(16)9(20)11-14(23,7(3)18)13(22,6(2)17)10(12(21)24-11)15-8(4)19/h5,10-12,16,21-23H,1-4H3,(H,15,19)/t5?,10-,11+,12-,13+,14+/m0/s1. The summed E-state index contributed by atoms with van der Waals surface area (Å²) < 4.78 is 4.89. The second-order valence-electron chi connectivity index (χ2n) is 5.81. The molecule has 1 fully saturated rings. The van der Waals surface area contributed by atoms with Gasteiger partial charge in [0.2, 0.25) is 5.91 Å². The average molecular weight is 347 g/mol. The van der Waals surface area contributed by atoms with E-state index in [-0.39, 0.29) is 0 Å². The molecule has 10 nitrogen and oxygen atoms in total. The number of ketones is 3. The van der Waals surface area contributed by atoms with Crippen molar-refractivity contribution in [3.8, 4) is 0 Å². The Kier molecular flexibility index (Phi) is 5.63. The molecule has 1 heterocycles. The summed E-state index contributed by atoms with van der Waals surface area (Å²) in [5.74, 6) is -4.44. The van der Waals surface area contributed by atoms with Gasteiger partial charge in [0.25, 0.3) is 0 Å². The Morgan fingerprint density at radius 1 is 1.04 bits per heavy atom. The molecule has 0 bridgehead atoms. The van der Waals surface area contributed by atoms with Crippen LogP contribution in [-0.2, 0) is 23.9 Å². The fourth-order valence-electron chi connectivity index (χ4n) is 2.79. The predicted octanol–water partition coefficient (Wildman–Crippen LogP) is -3.20. The van der Waals surface area contributed by atoms with E-state index in [1.54, 1.807) is 0 Å². The average Bonchev–Trinajstić information content (AvgIpc) is 2.45. The van der Waals surface area contributed by atoms with E-state index in [4.69, 9.17) is 4.74 Å². The van der Waals surface area contributed by atoms with E-state index in [1.807, 2.05) is 5.32 Å². The zero-order chi connectivity index (χ0) is 19.0. The van der Waals surface area contributed by atoms with E-state index in [2.05, 4.69) is 0 Å². The zero-order valence-electron chi connectivity index (χ0n) is 13.6. The number of carbonyl (C=O) groups excluding carboxylic acids is 4. The Balaban J connectivity index is 3.65. The lowest BCUT2D eigenvalue weighted by Crippen LogP contribution is -2.83. The van der Waals surface area contributed by atoms with Gasteiger partial charge in [-0.2, -0.15) is 0 Å². The zero-order valence-corrected chi connectivity index (χ0v) is 13.6. The lowest BCUT2D eigenvalue weighted by atomic mass is 9.66. The van der Waals surface area contributed by atoms with Gasteiger partial charge in [0.15, 0.2) is 40.9 Å². The second kappa shape index (κ2) is 6.65. The van der Waals surface area contributed by atoms with E-state index < -0.39 is 59.0 Å². The molecule has 0 aromatic heterocycles. The summed E-state index contributed by atoms with van der Waals surface area (Å²) in [5, 5.41) is 43.1. The molecule has 136 valence electrons. The molecule has 0 aliphatic carbocycles. The van der Waals surface area contributed by atoms with Crippen molar-refractivity contribution >= 4 is 23.3 Å². The van der Waals surface area contributed by atoms with E-state index in [0.29, 0.717) is 0 Å². The molecule has 24 heavy (non-hydrogen) atoms. The van der Waals surface area contributed by atoms with Crippen LogP contribution in [0.15, 0.2) is 0 Å². The first kappa shape index (κ1) is 20.3. The molecule has 1 aliphatic heterocycles. The topological polar surface area (TPSA) is 170 Å².